The van der Waals surface area contributed by atoms with Crippen LogP contribution in [-0.2, 0) is 17.8 Å². The van der Waals surface area contributed by atoms with Crippen LogP contribution in [0.2, 0.25) is 5.02 Å². The van der Waals surface area contributed by atoms with Gasteiger partial charge in [0.2, 0.25) is 12.5 Å². The summed E-state index contributed by atoms with van der Waals surface area (Å²) in [6.07, 6.45) is 4.98. The van der Waals surface area contributed by atoms with Gasteiger partial charge in [0.1, 0.15) is 18.5 Å². The lowest BCUT2D eigenvalue weighted by atomic mass is 10.0. The van der Waals surface area contributed by atoms with Gasteiger partial charge in [-0.2, -0.15) is 9.97 Å². The van der Waals surface area contributed by atoms with Crippen LogP contribution in [0.25, 0.3) is 15.6 Å². The molecule has 3 aliphatic heterocycles. The van der Waals surface area contributed by atoms with Crippen molar-refractivity contribution in [1.82, 2.24) is 25.1 Å². The Bertz CT molecular complexity index is 2070. The zero-order chi connectivity index (χ0) is 37.6. The van der Waals surface area contributed by atoms with Gasteiger partial charge in [-0.15, -0.1) is 0 Å². The van der Waals surface area contributed by atoms with E-state index < -0.39 is 0 Å². The molecule has 0 saturated carbocycles. The molecular weight excluding hydrogens is 819 g/mol. The van der Waals surface area contributed by atoms with Crippen molar-refractivity contribution in [2.24, 2.45) is 0 Å². The molecular formula is C41H44ClIN8O3. The van der Waals surface area contributed by atoms with Crippen molar-refractivity contribution < 1.29 is 14.3 Å². The second-order valence-electron chi connectivity index (χ2n) is 14.0. The Labute approximate surface area is 335 Å². The molecule has 0 aliphatic carbocycles. The summed E-state index contributed by atoms with van der Waals surface area (Å²) in [4.78, 5) is 47.8. The lowest BCUT2D eigenvalue weighted by Gasteiger charge is -2.41. The number of amides is 2. The monoisotopic (exact) mass is 862 g/mol. The van der Waals surface area contributed by atoms with Crippen molar-refractivity contribution in [3.63, 3.8) is 0 Å². The molecule has 2 atom stereocenters. The van der Waals surface area contributed by atoms with Gasteiger partial charge in [0.25, 0.3) is 5.91 Å². The van der Waals surface area contributed by atoms with Crippen LogP contribution >= 0.6 is 34.2 Å². The van der Waals surface area contributed by atoms with Gasteiger partial charge in [0, 0.05) is 71.1 Å². The smallest absolute Gasteiger partial charge is 0.318 e. The third-order valence-electron chi connectivity index (χ3n) is 10.6. The number of piperazine rings is 1. The molecule has 13 heteroatoms. The van der Waals surface area contributed by atoms with Crippen molar-refractivity contribution in [1.29, 1.82) is 0 Å². The van der Waals surface area contributed by atoms with Crippen LogP contribution in [0.15, 0.2) is 73.3 Å². The predicted octanol–water partition coefficient (Wildman–Crippen LogP) is 6.24. The van der Waals surface area contributed by atoms with Crippen LogP contribution in [0.4, 0.5) is 11.5 Å². The summed E-state index contributed by atoms with van der Waals surface area (Å²) in [5, 5.41) is 5.89. The van der Waals surface area contributed by atoms with Crippen LogP contribution in [-0.4, -0.2) is 103 Å². The van der Waals surface area contributed by atoms with Crippen molar-refractivity contribution in [3.05, 3.63) is 110 Å². The molecule has 3 aromatic carbocycles. The molecule has 1 N–H and O–H groups in total. The van der Waals surface area contributed by atoms with E-state index in [1.54, 1.807) is 4.90 Å². The molecule has 0 radical (unpaired) electrons. The fraction of sp³-hybridized carbons (Fsp3) is 0.390. The number of anilines is 2. The summed E-state index contributed by atoms with van der Waals surface area (Å²) in [7, 11) is 0. The largest absolute Gasteiger partial charge is 0.462 e. The molecule has 0 spiro atoms. The van der Waals surface area contributed by atoms with Crippen LogP contribution in [0, 0.1) is 10.1 Å². The first-order valence-electron chi connectivity index (χ1n) is 18.6. The quantitative estimate of drug-likeness (QED) is 0.0775. The minimum absolute atomic E-state index is 0.0496. The number of nitrogens with zero attached hydrogens (tertiary/aromatic N) is 7. The zero-order valence-electron chi connectivity index (χ0n) is 30.2. The maximum atomic E-state index is 12.7. The number of likely N-dealkylation sites (tertiary alicyclic amines) is 1. The van der Waals surface area contributed by atoms with Gasteiger partial charge in [-0.3, -0.25) is 14.5 Å². The first-order chi connectivity index (χ1) is 26.3. The Kier molecular flexibility index (Phi) is 12.2. The standard InChI is InChI=1S/C41H44ClIN8O3/c1-3-37(52)51-22-21-50(25-32(51)24-44-2)39-33-16-20-49(36-15-6-10-28-9-5-14-34(42)38(28)36)26-35(33)46-41(47-39)54-27-31-13-7-18-48(31)19-8-17-45-40(53)29-11-4-12-30(43)23-29/h3-6,9-12,14-15,23,31-32H,1,7-8,13,16-22,24-27H2,(H,45,53)/t31-,32-/m0/s1/i43+4. The van der Waals surface area contributed by atoms with Gasteiger partial charge >= 0.3 is 6.01 Å². The number of fused-ring (bicyclic) bond motifs is 2. The summed E-state index contributed by atoms with van der Waals surface area (Å²) >= 11 is 8.98. The van der Waals surface area contributed by atoms with Gasteiger partial charge in [0.05, 0.1) is 17.3 Å². The fourth-order valence-electron chi connectivity index (χ4n) is 7.94. The number of ether oxygens (including phenoxy) is 1. The molecule has 2 fully saturated rings. The molecule has 0 bridgehead atoms. The van der Waals surface area contributed by atoms with Crippen LogP contribution < -0.4 is 19.9 Å². The number of hydrogen-bond acceptors (Lipinski definition) is 8. The second-order valence-corrected chi connectivity index (χ2v) is 15.6. The van der Waals surface area contributed by atoms with Gasteiger partial charge in [-0.25, -0.2) is 6.57 Å². The maximum Gasteiger partial charge on any atom is 0.318 e. The van der Waals surface area contributed by atoms with Crippen molar-refractivity contribution >= 4 is 68.3 Å². The summed E-state index contributed by atoms with van der Waals surface area (Å²) in [5.74, 6) is 0.612. The molecule has 54 heavy (non-hydrogen) atoms. The lowest BCUT2D eigenvalue weighted by molar-refractivity contribution is -0.128. The summed E-state index contributed by atoms with van der Waals surface area (Å²) in [6.45, 7) is 17.2. The third-order valence-corrected chi connectivity index (χ3v) is 11.6. The number of hydrogen-bond donors (Lipinski definition) is 1. The molecule has 4 aromatic rings. The van der Waals surface area contributed by atoms with E-state index in [4.69, 9.17) is 32.9 Å². The van der Waals surface area contributed by atoms with Crippen LogP contribution in [0.1, 0.15) is 40.9 Å². The van der Waals surface area contributed by atoms with E-state index >= 15 is 0 Å². The third kappa shape index (κ3) is 8.43. The van der Waals surface area contributed by atoms with E-state index in [0.717, 1.165) is 82.4 Å². The van der Waals surface area contributed by atoms with E-state index in [-0.39, 0.29) is 30.4 Å². The highest BCUT2D eigenvalue weighted by Gasteiger charge is 2.35. The van der Waals surface area contributed by atoms with Gasteiger partial charge < -0.3 is 29.6 Å². The Hall–Kier alpha value is -4.45. The first-order valence-corrected chi connectivity index (χ1v) is 20.0. The Morgan fingerprint density at radius 3 is 2.70 bits per heavy atom. The molecule has 4 heterocycles. The maximum absolute atomic E-state index is 12.7. The summed E-state index contributed by atoms with van der Waals surface area (Å²) < 4.78 is 7.52. The average Bonchev–Trinajstić information content (AvgIpc) is 3.65. The topological polar surface area (TPSA) is 98.5 Å². The molecule has 3 aliphatic rings. The molecule has 7 rings (SSSR count). The minimum Gasteiger partial charge on any atom is -0.462 e. The molecule has 0 unspecified atom stereocenters. The molecule has 280 valence electrons. The highest BCUT2D eigenvalue weighted by atomic mass is 131. The Balaban J connectivity index is 1.09. The number of nitrogens with one attached hydrogen (secondary N) is 1. The van der Waals surface area contributed by atoms with E-state index in [1.165, 1.54) is 6.08 Å². The highest BCUT2D eigenvalue weighted by molar-refractivity contribution is 14.1. The van der Waals surface area contributed by atoms with Crippen molar-refractivity contribution in [2.45, 2.75) is 44.3 Å². The molecule has 2 saturated heterocycles. The van der Waals surface area contributed by atoms with Crippen LogP contribution in [0.3, 0.4) is 0 Å². The fourth-order valence-corrected chi connectivity index (χ4v) is 8.76. The molecule has 2 amide bonds. The Morgan fingerprint density at radius 1 is 1.06 bits per heavy atom. The predicted molar refractivity (Wildman–Crippen MR) is 221 cm³/mol. The normalized spacial score (nSPS) is 18.6. The second kappa shape index (κ2) is 17.3. The van der Waals surface area contributed by atoms with E-state index in [9.17, 15) is 9.59 Å². The van der Waals surface area contributed by atoms with Gasteiger partial charge in [0.15, 0.2) is 0 Å². The SMILES string of the molecule is [C-]#[N+]C[C@H]1CN(c2nc(OC[C@@H]3CCCN3CCCNC(=O)c3cccc([131I])c3)nc3c2CCN(c2cccc4cccc(Cl)c24)C3)CCN1C(=O)C=C. The number of aromatic nitrogens is 2. The number of benzene rings is 3. The number of halogens is 2. The van der Waals surface area contributed by atoms with Crippen LogP contribution in [0.5, 0.6) is 6.01 Å². The zero-order valence-corrected chi connectivity index (χ0v) is 33.1. The Morgan fingerprint density at radius 2 is 1.89 bits per heavy atom. The minimum atomic E-state index is -0.275. The van der Waals surface area contributed by atoms with E-state index in [0.29, 0.717) is 55.9 Å². The first kappa shape index (κ1) is 37.8. The highest BCUT2D eigenvalue weighted by Crippen LogP contribution is 2.37. The summed E-state index contributed by atoms with van der Waals surface area (Å²) in [5.41, 5.74) is 3.72. The number of carbonyl (C=O) groups is 2. The molecule has 1 aromatic heterocycles. The van der Waals surface area contributed by atoms with Crippen molar-refractivity contribution in [2.75, 3.05) is 68.8 Å². The number of rotatable bonds is 12. The average molecular weight is 863 g/mol. The van der Waals surface area contributed by atoms with Gasteiger partial charge in [-0.1, -0.05) is 48.5 Å². The van der Waals surface area contributed by atoms with Crippen molar-refractivity contribution in [3.8, 4) is 6.01 Å². The number of carbonyl (C=O) groups excluding carboxylic acids is 2. The van der Waals surface area contributed by atoms with E-state index in [1.807, 2.05) is 36.4 Å². The van der Waals surface area contributed by atoms with Gasteiger partial charge in [-0.05, 0) is 96.6 Å². The summed E-state index contributed by atoms with van der Waals surface area (Å²) in [6, 6.07) is 20.1. The molecule has 11 nitrogen and oxygen atoms in total. The van der Waals surface area contributed by atoms with E-state index in [2.05, 4.69) is 78.3 Å². The lowest BCUT2D eigenvalue weighted by Crippen LogP contribution is -2.56.